The van der Waals surface area contributed by atoms with Crippen LogP contribution in [0.15, 0.2) is 58.4 Å². The average molecular weight is 475 g/mol. The summed E-state index contributed by atoms with van der Waals surface area (Å²) in [6.07, 6.45) is 0. The van der Waals surface area contributed by atoms with Crippen molar-refractivity contribution in [3.8, 4) is 5.75 Å². The summed E-state index contributed by atoms with van der Waals surface area (Å²) in [5.41, 5.74) is 0.709. The van der Waals surface area contributed by atoms with Crippen LogP contribution >= 0.6 is 35.7 Å². The van der Waals surface area contributed by atoms with Gasteiger partial charge in [0.1, 0.15) is 0 Å². The fourth-order valence-electron chi connectivity index (χ4n) is 2.02. The third-order valence-electron chi connectivity index (χ3n) is 3.18. The van der Waals surface area contributed by atoms with Crippen molar-refractivity contribution in [3.63, 3.8) is 0 Å². The van der Waals surface area contributed by atoms with Crippen molar-refractivity contribution >= 4 is 41.7 Å². The zero-order chi connectivity index (χ0) is 17.2. The summed E-state index contributed by atoms with van der Waals surface area (Å²) in [5, 5.41) is 15.6. The van der Waals surface area contributed by atoms with Crippen molar-refractivity contribution in [2.24, 2.45) is 4.99 Å². The first-order chi connectivity index (χ1) is 11.7. The van der Waals surface area contributed by atoms with Gasteiger partial charge in [0, 0.05) is 23.7 Å². The van der Waals surface area contributed by atoms with Crippen LogP contribution in [0.5, 0.6) is 5.75 Å². The summed E-state index contributed by atoms with van der Waals surface area (Å²) in [7, 11) is 0. The second kappa shape index (κ2) is 12.0. The molecule has 7 heteroatoms. The van der Waals surface area contributed by atoms with Crippen LogP contribution in [0.25, 0.3) is 0 Å². The largest absolute Gasteiger partial charge is 0.505 e. The average Bonchev–Trinajstić information content (AvgIpc) is 2.60. The topological polar surface area (TPSA) is 56.7 Å². The van der Waals surface area contributed by atoms with Crippen LogP contribution < -0.4 is 10.6 Å². The van der Waals surface area contributed by atoms with Crippen LogP contribution in [0, 0.1) is 5.82 Å². The number of phenolic OH excluding ortho intramolecular Hbond substituents is 1. The lowest BCUT2D eigenvalue weighted by Gasteiger charge is -2.11. The fourth-order valence-corrected chi connectivity index (χ4v) is 2.81. The SMILES string of the molecule is CCNC(=NCc1ccc(O)c(F)c1)NCCSc1ccccc1.I. The number of aromatic hydroxyl groups is 1. The zero-order valence-electron chi connectivity index (χ0n) is 14.0. The van der Waals surface area contributed by atoms with Crippen molar-refractivity contribution in [1.82, 2.24) is 10.6 Å². The molecular formula is C18H23FIN3OS. The summed E-state index contributed by atoms with van der Waals surface area (Å²) >= 11 is 1.78. The van der Waals surface area contributed by atoms with Crippen molar-refractivity contribution in [2.45, 2.75) is 18.4 Å². The number of aliphatic imine (C=N–C) groups is 1. The van der Waals surface area contributed by atoms with Gasteiger partial charge in [-0.1, -0.05) is 24.3 Å². The normalized spacial score (nSPS) is 10.9. The number of guanidine groups is 1. The molecule has 4 nitrogen and oxygen atoms in total. The van der Waals surface area contributed by atoms with Gasteiger partial charge in [0.05, 0.1) is 6.54 Å². The fraction of sp³-hybridized carbons (Fsp3) is 0.278. The molecule has 0 fully saturated rings. The Bertz CT molecular complexity index is 671. The minimum Gasteiger partial charge on any atom is -0.505 e. The molecule has 0 aromatic heterocycles. The Labute approximate surface area is 169 Å². The molecule has 2 aromatic rings. The summed E-state index contributed by atoms with van der Waals surface area (Å²) in [4.78, 5) is 5.67. The van der Waals surface area contributed by atoms with Crippen LogP contribution in [0.3, 0.4) is 0 Å². The molecule has 2 aromatic carbocycles. The predicted molar refractivity (Wildman–Crippen MR) is 113 cm³/mol. The Morgan fingerprint density at radius 3 is 2.60 bits per heavy atom. The summed E-state index contributed by atoms with van der Waals surface area (Å²) < 4.78 is 13.3. The van der Waals surface area contributed by atoms with E-state index in [2.05, 4.69) is 27.8 Å². The van der Waals surface area contributed by atoms with Gasteiger partial charge < -0.3 is 15.7 Å². The minimum absolute atomic E-state index is 0. The van der Waals surface area contributed by atoms with Crippen molar-refractivity contribution in [1.29, 1.82) is 0 Å². The van der Waals surface area contributed by atoms with Crippen LogP contribution in [-0.2, 0) is 6.54 Å². The molecule has 0 aliphatic carbocycles. The highest BCUT2D eigenvalue weighted by Gasteiger charge is 2.02. The Morgan fingerprint density at radius 1 is 1.16 bits per heavy atom. The monoisotopic (exact) mass is 475 g/mol. The lowest BCUT2D eigenvalue weighted by Crippen LogP contribution is -2.38. The lowest BCUT2D eigenvalue weighted by atomic mass is 10.2. The smallest absolute Gasteiger partial charge is 0.191 e. The molecule has 0 radical (unpaired) electrons. The summed E-state index contributed by atoms with van der Waals surface area (Å²) in [5.74, 6) is 0.646. The Hall–Kier alpha value is -1.48. The number of nitrogens with one attached hydrogen (secondary N) is 2. The van der Waals surface area contributed by atoms with Gasteiger partial charge in [-0.2, -0.15) is 0 Å². The van der Waals surface area contributed by atoms with Crippen LogP contribution in [0.1, 0.15) is 12.5 Å². The Balaban J connectivity index is 0.00000312. The predicted octanol–water partition coefficient (Wildman–Crippen LogP) is 4.00. The number of benzene rings is 2. The van der Waals surface area contributed by atoms with Crippen LogP contribution in [0.4, 0.5) is 4.39 Å². The number of hydrogen-bond donors (Lipinski definition) is 3. The first-order valence-electron chi connectivity index (χ1n) is 7.86. The number of halogens is 2. The molecule has 25 heavy (non-hydrogen) atoms. The van der Waals surface area contributed by atoms with E-state index in [1.54, 1.807) is 17.8 Å². The highest BCUT2D eigenvalue weighted by Crippen LogP contribution is 2.17. The first kappa shape index (κ1) is 21.6. The molecule has 0 saturated heterocycles. The molecule has 136 valence electrons. The highest BCUT2D eigenvalue weighted by molar-refractivity contribution is 14.0. The van der Waals surface area contributed by atoms with Gasteiger partial charge >= 0.3 is 0 Å². The molecule has 2 rings (SSSR count). The number of hydrogen-bond acceptors (Lipinski definition) is 3. The van der Waals surface area contributed by atoms with Gasteiger partial charge in [-0.15, -0.1) is 35.7 Å². The highest BCUT2D eigenvalue weighted by atomic mass is 127. The van der Waals surface area contributed by atoms with E-state index in [1.165, 1.54) is 17.0 Å². The molecule has 3 N–H and O–H groups in total. The lowest BCUT2D eigenvalue weighted by molar-refractivity contribution is 0.432. The third-order valence-corrected chi connectivity index (χ3v) is 4.20. The van der Waals surface area contributed by atoms with E-state index in [4.69, 9.17) is 0 Å². The number of rotatable bonds is 7. The summed E-state index contributed by atoms with van der Waals surface area (Å²) in [6, 6.07) is 14.5. The Morgan fingerprint density at radius 2 is 1.92 bits per heavy atom. The second-order valence-corrected chi connectivity index (χ2v) is 6.24. The van der Waals surface area contributed by atoms with E-state index in [-0.39, 0.29) is 29.7 Å². The van der Waals surface area contributed by atoms with Gasteiger partial charge in [-0.25, -0.2) is 9.38 Å². The Kier molecular flexibility index (Phi) is 10.3. The van der Waals surface area contributed by atoms with Crippen LogP contribution in [0.2, 0.25) is 0 Å². The maximum Gasteiger partial charge on any atom is 0.191 e. The molecule has 0 amide bonds. The molecule has 0 heterocycles. The van der Waals surface area contributed by atoms with Crippen molar-refractivity contribution in [3.05, 3.63) is 59.9 Å². The molecule has 0 bridgehead atoms. The van der Waals surface area contributed by atoms with Gasteiger partial charge in [0.2, 0.25) is 0 Å². The molecule has 0 unspecified atom stereocenters. The number of nitrogens with zero attached hydrogens (tertiary/aromatic N) is 1. The van der Waals surface area contributed by atoms with Crippen molar-refractivity contribution < 1.29 is 9.50 Å². The molecule has 0 aliphatic heterocycles. The standard InChI is InChI=1S/C18H22FN3OS.HI/c1-2-20-18(21-10-11-24-15-6-4-3-5-7-15)22-13-14-8-9-17(23)16(19)12-14;/h3-9,12,23H,2,10-11,13H2,1H3,(H2,20,21,22);1H. The first-order valence-corrected chi connectivity index (χ1v) is 8.85. The van der Waals surface area contributed by atoms with E-state index in [1.807, 2.05) is 25.1 Å². The second-order valence-electron chi connectivity index (χ2n) is 5.07. The maximum atomic E-state index is 13.3. The third kappa shape index (κ3) is 7.96. The number of phenols is 1. The van der Waals surface area contributed by atoms with E-state index in [0.717, 1.165) is 18.8 Å². The molecular weight excluding hydrogens is 452 g/mol. The molecule has 0 spiro atoms. The van der Waals surface area contributed by atoms with Crippen LogP contribution in [-0.4, -0.2) is 29.9 Å². The molecule has 0 aliphatic rings. The van der Waals surface area contributed by atoms with E-state index in [0.29, 0.717) is 18.1 Å². The molecule has 0 atom stereocenters. The maximum absolute atomic E-state index is 13.3. The van der Waals surface area contributed by atoms with Crippen molar-refractivity contribution in [2.75, 3.05) is 18.8 Å². The van der Waals surface area contributed by atoms with E-state index >= 15 is 0 Å². The quantitative estimate of drug-likeness (QED) is 0.186. The zero-order valence-corrected chi connectivity index (χ0v) is 17.2. The molecule has 0 saturated carbocycles. The van der Waals surface area contributed by atoms with Gasteiger partial charge in [0.15, 0.2) is 17.5 Å². The van der Waals surface area contributed by atoms with Gasteiger partial charge in [-0.3, -0.25) is 0 Å². The van der Waals surface area contributed by atoms with Gasteiger partial charge in [0.25, 0.3) is 0 Å². The number of thioether (sulfide) groups is 1. The minimum atomic E-state index is -0.625. The van der Waals surface area contributed by atoms with Gasteiger partial charge in [-0.05, 0) is 36.8 Å². The van der Waals surface area contributed by atoms with E-state index < -0.39 is 5.82 Å². The summed E-state index contributed by atoms with van der Waals surface area (Å²) in [6.45, 7) is 3.87. The van der Waals surface area contributed by atoms with E-state index in [9.17, 15) is 9.50 Å².